The maximum absolute atomic E-state index is 10.9. The molecule has 0 unspecified atom stereocenters. The Labute approximate surface area is 97.1 Å². The van der Waals surface area contributed by atoms with E-state index < -0.39 is 5.97 Å². The zero-order valence-corrected chi connectivity index (χ0v) is 9.16. The van der Waals surface area contributed by atoms with E-state index in [1.165, 1.54) is 12.5 Å². The van der Waals surface area contributed by atoms with Crippen LogP contribution in [0.15, 0.2) is 24.9 Å². The topological polar surface area (TPSA) is 92.9 Å². The molecule has 17 heavy (non-hydrogen) atoms. The molecule has 2 aromatic heterocycles. The van der Waals surface area contributed by atoms with E-state index >= 15 is 0 Å². The molecule has 0 saturated carbocycles. The number of aryl methyl sites for hydroxylation is 1. The lowest BCUT2D eigenvalue weighted by molar-refractivity contribution is 0.0694. The minimum absolute atomic E-state index is 0.101. The Morgan fingerprint density at radius 3 is 3.00 bits per heavy atom. The van der Waals surface area contributed by atoms with Crippen LogP contribution in [0.2, 0.25) is 0 Å². The quantitative estimate of drug-likeness (QED) is 0.799. The van der Waals surface area contributed by atoms with Crippen LogP contribution in [-0.2, 0) is 13.6 Å². The molecule has 2 rings (SSSR count). The van der Waals surface area contributed by atoms with Gasteiger partial charge in [0, 0.05) is 19.4 Å². The van der Waals surface area contributed by atoms with Gasteiger partial charge in [0.25, 0.3) is 0 Å². The highest BCUT2D eigenvalue weighted by molar-refractivity contribution is 5.88. The van der Waals surface area contributed by atoms with Crippen LogP contribution in [0.1, 0.15) is 16.1 Å². The molecule has 0 atom stereocenters. The molecule has 2 aromatic rings. The predicted molar refractivity (Wildman–Crippen MR) is 59.5 cm³/mol. The fourth-order valence-corrected chi connectivity index (χ4v) is 1.37. The van der Waals surface area contributed by atoms with Gasteiger partial charge in [0.15, 0.2) is 0 Å². The molecule has 2 heterocycles. The second-order valence-electron chi connectivity index (χ2n) is 3.44. The maximum Gasteiger partial charge on any atom is 0.339 e. The molecule has 0 aliphatic rings. The first-order valence-corrected chi connectivity index (χ1v) is 4.91. The molecule has 0 saturated heterocycles. The summed E-state index contributed by atoms with van der Waals surface area (Å²) in [6.07, 6.45) is 6.06. The normalized spacial score (nSPS) is 10.2. The number of hydrogen-bond acceptors (Lipinski definition) is 5. The number of anilines is 1. The Kier molecular flexibility index (Phi) is 2.99. The average molecular weight is 233 g/mol. The van der Waals surface area contributed by atoms with Crippen molar-refractivity contribution in [2.24, 2.45) is 7.05 Å². The highest BCUT2D eigenvalue weighted by atomic mass is 16.4. The lowest BCUT2D eigenvalue weighted by Crippen LogP contribution is -2.09. The van der Waals surface area contributed by atoms with Gasteiger partial charge in [-0.2, -0.15) is 5.10 Å². The summed E-state index contributed by atoms with van der Waals surface area (Å²) in [7, 11) is 1.80. The molecule has 2 N–H and O–H groups in total. The molecule has 0 fully saturated rings. The van der Waals surface area contributed by atoms with E-state index in [9.17, 15) is 4.79 Å². The van der Waals surface area contributed by atoms with Crippen molar-refractivity contribution in [3.63, 3.8) is 0 Å². The molecule has 0 spiro atoms. The summed E-state index contributed by atoms with van der Waals surface area (Å²) in [6, 6.07) is 0. The fraction of sp³-hybridized carbons (Fsp3) is 0.200. The molecule has 88 valence electrons. The zero-order valence-electron chi connectivity index (χ0n) is 9.16. The number of nitrogens with one attached hydrogen (secondary N) is 1. The third-order valence-electron chi connectivity index (χ3n) is 2.19. The van der Waals surface area contributed by atoms with E-state index in [2.05, 4.69) is 20.4 Å². The molecule has 0 amide bonds. The number of carbonyl (C=O) groups is 1. The van der Waals surface area contributed by atoms with Crippen molar-refractivity contribution in [2.45, 2.75) is 6.54 Å². The Balaban J connectivity index is 2.11. The van der Waals surface area contributed by atoms with Gasteiger partial charge in [-0.15, -0.1) is 0 Å². The summed E-state index contributed by atoms with van der Waals surface area (Å²) in [5.41, 5.74) is 1.35. The van der Waals surface area contributed by atoms with Crippen molar-refractivity contribution in [3.8, 4) is 0 Å². The molecule has 0 aromatic carbocycles. The number of carboxylic acids is 1. The third kappa shape index (κ3) is 2.57. The van der Waals surface area contributed by atoms with Gasteiger partial charge in [-0.1, -0.05) is 0 Å². The van der Waals surface area contributed by atoms with Crippen molar-refractivity contribution in [2.75, 3.05) is 5.32 Å². The number of aromatic nitrogens is 4. The van der Waals surface area contributed by atoms with Gasteiger partial charge in [0.1, 0.15) is 11.9 Å². The second-order valence-corrected chi connectivity index (χ2v) is 3.44. The molecule has 0 radical (unpaired) electrons. The lowest BCUT2D eigenvalue weighted by Gasteiger charge is -2.05. The first-order valence-electron chi connectivity index (χ1n) is 4.91. The van der Waals surface area contributed by atoms with Crippen molar-refractivity contribution < 1.29 is 9.90 Å². The molecule has 7 heteroatoms. The highest BCUT2D eigenvalue weighted by Gasteiger charge is 2.10. The summed E-state index contributed by atoms with van der Waals surface area (Å²) in [4.78, 5) is 18.5. The first kappa shape index (κ1) is 11.1. The van der Waals surface area contributed by atoms with Crippen LogP contribution in [0.5, 0.6) is 0 Å². The number of rotatable bonds is 4. The van der Waals surface area contributed by atoms with E-state index in [0.717, 1.165) is 5.69 Å². The molecule has 7 nitrogen and oxygen atoms in total. The van der Waals surface area contributed by atoms with Gasteiger partial charge < -0.3 is 10.4 Å². The van der Waals surface area contributed by atoms with E-state index in [-0.39, 0.29) is 5.56 Å². The molecular formula is C10H11N5O2. The number of carboxylic acid groups (broad SMARTS) is 1. The second kappa shape index (κ2) is 4.60. The van der Waals surface area contributed by atoms with E-state index in [1.54, 1.807) is 24.1 Å². The largest absolute Gasteiger partial charge is 0.478 e. The van der Waals surface area contributed by atoms with Gasteiger partial charge in [0.2, 0.25) is 0 Å². The van der Waals surface area contributed by atoms with Crippen molar-refractivity contribution in [3.05, 3.63) is 36.2 Å². The maximum atomic E-state index is 10.9. The number of nitrogens with zero attached hydrogens (tertiary/aromatic N) is 4. The molecule has 0 aliphatic heterocycles. The lowest BCUT2D eigenvalue weighted by atomic mass is 10.2. The van der Waals surface area contributed by atoms with Crippen molar-refractivity contribution in [1.82, 2.24) is 19.7 Å². The smallest absolute Gasteiger partial charge is 0.339 e. The SMILES string of the molecule is Cn1cc(NCc2ncncc2C(=O)O)cn1. The van der Waals surface area contributed by atoms with Gasteiger partial charge in [-0.05, 0) is 0 Å². The Hall–Kier alpha value is -2.44. The van der Waals surface area contributed by atoms with Crippen molar-refractivity contribution in [1.29, 1.82) is 0 Å². The molecule has 0 bridgehead atoms. The van der Waals surface area contributed by atoms with Gasteiger partial charge in [-0.25, -0.2) is 14.8 Å². The Morgan fingerprint density at radius 2 is 2.35 bits per heavy atom. The minimum Gasteiger partial charge on any atom is -0.478 e. The van der Waals surface area contributed by atoms with Crippen LogP contribution in [0.25, 0.3) is 0 Å². The predicted octanol–water partition coefficient (Wildman–Crippen LogP) is 0.520. The van der Waals surface area contributed by atoms with E-state index in [0.29, 0.717) is 12.2 Å². The summed E-state index contributed by atoms with van der Waals surface area (Å²) in [5.74, 6) is -1.03. The van der Waals surface area contributed by atoms with E-state index in [4.69, 9.17) is 5.11 Å². The van der Waals surface area contributed by atoms with Crippen LogP contribution < -0.4 is 5.32 Å². The van der Waals surface area contributed by atoms with Crippen LogP contribution >= 0.6 is 0 Å². The Morgan fingerprint density at radius 1 is 1.53 bits per heavy atom. The van der Waals surface area contributed by atoms with Gasteiger partial charge >= 0.3 is 5.97 Å². The van der Waals surface area contributed by atoms with Crippen LogP contribution in [-0.4, -0.2) is 30.8 Å². The molecule has 0 aliphatic carbocycles. The van der Waals surface area contributed by atoms with Crippen LogP contribution in [0, 0.1) is 0 Å². The zero-order chi connectivity index (χ0) is 12.3. The monoisotopic (exact) mass is 233 g/mol. The average Bonchev–Trinajstić information content (AvgIpc) is 2.73. The fourth-order valence-electron chi connectivity index (χ4n) is 1.37. The standard InChI is InChI=1S/C10H11N5O2/c1-15-5-7(2-14-15)12-4-9-8(10(16)17)3-11-6-13-9/h2-3,5-6,12H,4H2,1H3,(H,16,17). The van der Waals surface area contributed by atoms with E-state index in [1.807, 2.05) is 0 Å². The van der Waals surface area contributed by atoms with Gasteiger partial charge in [0.05, 0.1) is 24.1 Å². The van der Waals surface area contributed by atoms with Crippen LogP contribution in [0.4, 0.5) is 5.69 Å². The number of hydrogen-bond donors (Lipinski definition) is 2. The first-order chi connectivity index (χ1) is 8.16. The van der Waals surface area contributed by atoms with Gasteiger partial charge in [-0.3, -0.25) is 4.68 Å². The Bertz CT molecular complexity index is 537. The summed E-state index contributed by atoms with van der Waals surface area (Å²) in [6.45, 7) is 0.315. The highest BCUT2D eigenvalue weighted by Crippen LogP contribution is 2.08. The van der Waals surface area contributed by atoms with Crippen molar-refractivity contribution >= 4 is 11.7 Å². The minimum atomic E-state index is -1.03. The molecular weight excluding hydrogens is 222 g/mol. The third-order valence-corrected chi connectivity index (χ3v) is 2.19. The number of aromatic carboxylic acids is 1. The van der Waals surface area contributed by atoms with Crippen LogP contribution in [0.3, 0.4) is 0 Å². The summed E-state index contributed by atoms with van der Waals surface area (Å²) < 4.78 is 1.65. The summed E-state index contributed by atoms with van der Waals surface area (Å²) >= 11 is 0. The summed E-state index contributed by atoms with van der Waals surface area (Å²) in [5, 5.41) is 16.0.